The van der Waals surface area contributed by atoms with Crippen LogP contribution < -0.4 is 5.11 Å². The smallest absolute Gasteiger partial charge is 0.0493 e. The first-order valence-electron chi connectivity index (χ1n) is 4.66. The molecule has 2 nitrogen and oxygen atoms in total. The Morgan fingerprint density at radius 2 is 1.92 bits per heavy atom. The van der Waals surface area contributed by atoms with Crippen LogP contribution in [0.3, 0.4) is 0 Å². The van der Waals surface area contributed by atoms with Crippen molar-refractivity contribution in [3.05, 3.63) is 0 Å². The zero-order valence-electron chi connectivity index (χ0n) is 8.19. The van der Waals surface area contributed by atoms with Crippen molar-refractivity contribution < 1.29 is 9.90 Å². The second kappa shape index (κ2) is 2.13. The van der Waals surface area contributed by atoms with Crippen LogP contribution in [0.15, 0.2) is 0 Å². The van der Waals surface area contributed by atoms with Gasteiger partial charge in [-0.1, -0.05) is 36.7 Å². The van der Waals surface area contributed by atoms with Crippen LogP contribution in [0.4, 0.5) is 0 Å². The van der Waals surface area contributed by atoms with Gasteiger partial charge in [0.2, 0.25) is 0 Å². The molecule has 3 saturated carbocycles. The predicted molar refractivity (Wildman–Crippen MR) is 51.3 cm³/mol. The van der Waals surface area contributed by atoms with Gasteiger partial charge in [0.05, 0.1) is 0 Å². The SMILES string of the molecule is CC1(C)[C@]2(C)CC[C@@]1(C(=O)[O-])[C@@H]2Br. The fraction of sp³-hybridized carbons (Fsp3) is 0.900. The quantitative estimate of drug-likeness (QED) is 0.655. The van der Waals surface area contributed by atoms with Crippen LogP contribution >= 0.6 is 15.9 Å². The van der Waals surface area contributed by atoms with Gasteiger partial charge in [0.25, 0.3) is 0 Å². The molecule has 0 spiro atoms. The summed E-state index contributed by atoms with van der Waals surface area (Å²) in [5.41, 5.74) is -0.623. The van der Waals surface area contributed by atoms with Crippen molar-refractivity contribution in [3.63, 3.8) is 0 Å². The molecule has 3 heteroatoms. The van der Waals surface area contributed by atoms with Gasteiger partial charge >= 0.3 is 0 Å². The van der Waals surface area contributed by atoms with Gasteiger partial charge in [0.15, 0.2) is 0 Å². The molecule has 0 amide bonds. The highest BCUT2D eigenvalue weighted by Crippen LogP contribution is 2.79. The summed E-state index contributed by atoms with van der Waals surface area (Å²) in [7, 11) is 0. The largest absolute Gasteiger partial charge is 0.549 e. The molecule has 2 bridgehead atoms. The number of hydrogen-bond acceptors (Lipinski definition) is 2. The summed E-state index contributed by atoms with van der Waals surface area (Å²) >= 11 is 3.52. The number of rotatable bonds is 1. The maximum absolute atomic E-state index is 11.2. The van der Waals surface area contributed by atoms with E-state index < -0.39 is 11.4 Å². The molecule has 0 aliphatic heterocycles. The molecule has 0 heterocycles. The van der Waals surface area contributed by atoms with Gasteiger partial charge in [-0.2, -0.15) is 0 Å². The van der Waals surface area contributed by atoms with Crippen molar-refractivity contribution in [3.8, 4) is 0 Å². The standard InChI is InChI=1S/C10H15BrO2/c1-8(2)9(3)4-5-10(8,6(9)11)7(12)13/h6H,4-5H2,1-3H3,(H,12,13)/p-1/t6-,9-,10+/m1/s1. The fourth-order valence-corrected chi connectivity index (χ4v) is 5.19. The molecule has 74 valence electrons. The summed E-state index contributed by atoms with van der Waals surface area (Å²) in [5.74, 6) is -0.880. The average molecular weight is 246 g/mol. The Kier molecular flexibility index (Phi) is 1.56. The predicted octanol–water partition coefficient (Wildman–Crippen LogP) is 1.33. The van der Waals surface area contributed by atoms with Gasteiger partial charge in [-0.25, -0.2) is 0 Å². The maximum Gasteiger partial charge on any atom is 0.0493 e. The highest BCUT2D eigenvalue weighted by molar-refractivity contribution is 9.09. The van der Waals surface area contributed by atoms with Crippen molar-refractivity contribution in [1.29, 1.82) is 0 Å². The van der Waals surface area contributed by atoms with Gasteiger partial charge in [0.1, 0.15) is 0 Å². The van der Waals surface area contributed by atoms with E-state index in [0.717, 1.165) is 12.8 Å². The lowest BCUT2D eigenvalue weighted by Gasteiger charge is -2.65. The molecule has 0 unspecified atom stereocenters. The van der Waals surface area contributed by atoms with Crippen LogP contribution in [0.2, 0.25) is 0 Å². The summed E-state index contributed by atoms with van der Waals surface area (Å²) < 4.78 is 0. The van der Waals surface area contributed by atoms with Crippen LogP contribution in [0, 0.1) is 16.2 Å². The van der Waals surface area contributed by atoms with Crippen LogP contribution in [-0.2, 0) is 4.79 Å². The summed E-state index contributed by atoms with van der Waals surface area (Å²) in [6.45, 7) is 6.27. The van der Waals surface area contributed by atoms with Crippen LogP contribution in [0.1, 0.15) is 33.6 Å². The summed E-state index contributed by atoms with van der Waals surface area (Å²) in [6.07, 6.45) is 1.75. The summed E-state index contributed by atoms with van der Waals surface area (Å²) in [5, 5.41) is 11.2. The highest BCUT2D eigenvalue weighted by atomic mass is 79.9. The van der Waals surface area contributed by atoms with Gasteiger partial charge in [-0.3, -0.25) is 0 Å². The molecule has 0 aromatic heterocycles. The van der Waals surface area contributed by atoms with Crippen LogP contribution in [0.25, 0.3) is 0 Å². The minimum atomic E-state index is -0.880. The lowest BCUT2D eigenvalue weighted by Crippen LogP contribution is -2.69. The van der Waals surface area contributed by atoms with Gasteiger partial charge in [0, 0.05) is 16.2 Å². The van der Waals surface area contributed by atoms with Gasteiger partial charge in [-0.15, -0.1) is 0 Å². The maximum atomic E-state index is 11.2. The van der Waals surface area contributed by atoms with E-state index in [1.807, 2.05) is 13.8 Å². The summed E-state index contributed by atoms with van der Waals surface area (Å²) in [4.78, 5) is 11.3. The van der Waals surface area contributed by atoms with E-state index in [1.54, 1.807) is 0 Å². The normalized spacial score (nSPS) is 51.5. The molecule has 0 aromatic carbocycles. The number of carboxylic acids is 1. The van der Waals surface area contributed by atoms with E-state index in [9.17, 15) is 9.90 Å². The summed E-state index contributed by atoms with van der Waals surface area (Å²) in [6, 6.07) is 0. The fourth-order valence-electron chi connectivity index (χ4n) is 3.41. The Morgan fingerprint density at radius 3 is 2.08 bits per heavy atom. The Balaban J connectivity index is 2.50. The number of carboxylic acid groups (broad SMARTS) is 1. The van der Waals surface area contributed by atoms with E-state index >= 15 is 0 Å². The zero-order chi connectivity index (χ0) is 10.1. The molecule has 3 aliphatic carbocycles. The number of alkyl halides is 1. The molecule has 3 rings (SSSR count). The Bertz CT molecular complexity index is 287. The third-order valence-corrected chi connectivity index (χ3v) is 6.73. The second-order valence-electron chi connectivity index (χ2n) is 5.16. The molecular weight excluding hydrogens is 232 g/mol. The lowest BCUT2D eigenvalue weighted by molar-refractivity contribution is -0.334. The zero-order valence-corrected chi connectivity index (χ0v) is 9.77. The van der Waals surface area contributed by atoms with Gasteiger partial charge < -0.3 is 9.90 Å². The molecular formula is C10H14BrO2-. The first kappa shape index (κ1) is 9.50. The number of halogens is 1. The number of carbonyl (C=O) groups excluding carboxylic acids is 1. The van der Waals surface area contributed by atoms with E-state index in [1.165, 1.54) is 0 Å². The molecule has 0 radical (unpaired) electrons. The topological polar surface area (TPSA) is 40.1 Å². The number of fused-ring (bicyclic) bond motifs is 1. The van der Waals surface area contributed by atoms with E-state index in [0.29, 0.717) is 0 Å². The molecule has 3 fully saturated rings. The van der Waals surface area contributed by atoms with Crippen molar-refractivity contribution >= 4 is 21.9 Å². The number of carbonyl (C=O) groups is 1. The first-order valence-corrected chi connectivity index (χ1v) is 5.58. The Morgan fingerprint density at radius 1 is 1.38 bits per heavy atom. The van der Waals surface area contributed by atoms with Gasteiger partial charge in [-0.05, 0) is 23.7 Å². The molecule has 0 saturated heterocycles. The third-order valence-electron chi connectivity index (χ3n) is 4.94. The highest BCUT2D eigenvalue weighted by Gasteiger charge is 2.77. The molecule has 0 N–H and O–H groups in total. The molecule has 13 heavy (non-hydrogen) atoms. The second-order valence-corrected chi connectivity index (χ2v) is 6.08. The molecule has 3 aliphatic rings. The van der Waals surface area contributed by atoms with Crippen LogP contribution in [0.5, 0.6) is 0 Å². The number of hydrogen-bond donors (Lipinski definition) is 0. The average Bonchev–Trinajstić information content (AvgIpc) is 2.39. The van der Waals surface area contributed by atoms with E-state index in [2.05, 4.69) is 22.9 Å². The molecule has 3 atom stereocenters. The van der Waals surface area contributed by atoms with Crippen molar-refractivity contribution in [2.75, 3.05) is 0 Å². The minimum absolute atomic E-state index is 0.0903. The van der Waals surface area contributed by atoms with E-state index in [4.69, 9.17) is 0 Å². The lowest BCUT2D eigenvalue weighted by atomic mass is 9.44. The minimum Gasteiger partial charge on any atom is -0.549 e. The van der Waals surface area contributed by atoms with Crippen molar-refractivity contribution in [2.24, 2.45) is 16.2 Å². The van der Waals surface area contributed by atoms with Crippen molar-refractivity contribution in [1.82, 2.24) is 0 Å². The van der Waals surface area contributed by atoms with Crippen molar-refractivity contribution in [2.45, 2.75) is 38.4 Å². The van der Waals surface area contributed by atoms with E-state index in [-0.39, 0.29) is 15.7 Å². The van der Waals surface area contributed by atoms with Crippen LogP contribution in [-0.4, -0.2) is 10.8 Å². The monoisotopic (exact) mass is 245 g/mol. The first-order chi connectivity index (χ1) is 5.81. The third kappa shape index (κ3) is 0.641. The number of aliphatic carboxylic acids is 1. The Hall–Kier alpha value is -0.0500. The molecule has 0 aromatic rings. The Labute approximate surface area is 86.8 Å².